The van der Waals surface area contributed by atoms with E-state index in [0.717, 1.165) is 5.57 Å². The summed E-state index contributed by atoms with van der Waals surface area (Å²) in [7, 11) is 0. The predicted octanol–water partition coefficient (Wildman–Crippen LogP) is 2.16. The van der Waals surface area contributed by atoms with Crippen molar-refractivity contribution in [2.75, 3.05) is 13.1 Å². The third-order valence-corrected chi connectivity index (χ3v) is 2.30. The number of carboxylic acids is 1. The number of carboxylic acid groups (broad SMARTS) is 1. The maximum atomic E-state index is 12.1. The zero-order valence-corrected chi connectivity index (χ0v) is 11.2. The van der Waals surface area contributed by atoms with Gasteiger partial charge in [-0.1, -0.05) is 26.3 Å². The molecule has 0 spiro atoms. The van der Waals surface area contributed by atoms with E-state index in [1.54, 1.807) is 0 Å². The summed E-state index contributed by atoms with van der Waals surface area (Å²) < 4.78 is 0. The zero-order chi connectivity index (χ0) is 13.6. The summed E-state index contributed by atoms with van der Waals surface area (Å²) in [5.41, 5.74) is 0.936. The monoisotopic (exact) mass is 241 g/mol. The van der Waals surface area contributed by atoms with E-state index in [9.17, 15) is 9.59 Å². The molecule has 4 heteroatoms. The van der Waals surface area contributed by atoms with Crippen molar-refractivity contribution in [3.05, 3.63) is 12.2 Å². The van der Waals surface area contributed by atoms with Crippen molar-refractivity contribution in [2.45, 2.75) is 34.1 Å². The highest BCUT2D eigenvalue weighted by Gasteiger charge is 2.22. The molecule has 1 atom stereocenters. The number of nitrogens with zero attached hydrogens (tertiary/aromatic N) is 1. The van der Waals surface area contributed by atoms with Gasteiger partial charge in [-0.2, -0.15) is 0 Å². The minimum absolute atomic E-state index is 0.107. The molecule has 0 heterocycles. The van der Waals surface area contributed by atoms with E-state index in [1.165, 1.54) is 4.90 Å². The Morgan fingerprint density at radius 3 is 2.18 bits per heavy atom. The van der Waals surface area contributed by atoms with E-state index in [0.29, 0.717) is 13.0 Å². The summed E-state index contributed by atoms with van der Waals surface area (Å²) in [4.78, 5) is 24.2. The molecule has 0 aliphatic carbocycles. The Bertz CT molecular complexity index is 297. The highest BCUT2D eigenvalue weighted by atomic mass is 16.4. The summed E-state index contributed by atoms with van der Waals surface area (Å²) in [6.45, 7) is 11.6. The number of carbonyl (C=O) groups is 2. The van der Waals surface area contributed by atoms with Gasteiger partial charge in [-0.05, 0) is 19.3 Å². The van der Waals surface area contributed by atoms with Crippen molar-refractivity contribution in [1.82, 2.24) is 4.90 Å². The Morgan fingerprint density at radius 1 is 1.29 bits per heavy atom. The van der Waals surface area contributed by atoms with E-state index >= 15 is 0 Å². The molecule has 0 bridgehead atoms. The highest BCUT2D eigenvalue weighted by molar-refractivity contribution is 5.83. The van der Waals surface area contributed by atoms with Crippen LogP contribution in [0.1, 0.15) is 34.1 Å². The van der Waals surface area contributed by atoms with Gasteiger partial charge < -0.3 is 10.0 Å². The minimum atomic E-state index is -0.971. The number of hydrogen-bond donors (Lipinski definition) is 1. The molecule has 1 N–H and O–H groups in total. The molecule has 0 aliphatic heterocycles. The first-order valence-corrected chi connectivity index (χ1v) is 5.89. The van der Waals surface area contributed by atoms with Gasteiger partial charge in [-0.25, -0.2) is 0 Å². The maximum Gasteiger partial charge on any atom is 0.323 e. The second kappa shape index (κ2) is 7.09. The molecule has 98 valence electrons. The van der Waals surface area contributed by atoms with E-state index in [1.807, 2.05) is 27.7 Å². The first-order chi connectivity index (χ1) is 7.73. The molecule has 4 nitrogen and oxygen atoms in total. The van der Waals surface area contributed by atoms with Crippen LogP contribution < -0.4 is 0 Å². The van der Waals surface area contributed by atoms with Crippen molar-refractivity contribution in [3.8, 4) is 0 Å². The van der Waals surface area contributed by atoms with Crippen LogP contribution in [0.2, 0.25) is 0 Å². The summed E-state index contributed by atoms with van der Waals surface area (Å²) >= 11 is 0. The Labute approximate surface area is 103 Å². The highest BCUT2D eigenvalue weighted by Crippen LogP contribution is 2.13. The van der Waals surface area contributed by atoms with Crippen LogP contribution in [0.3, 0.4) is 0 Å². The van der Waals surface area contributed by atoms with Crippen LogP contribution in [0, 0.1) is 11.8 Å². The molecule has 0 rings (SSSR count). The molecule has 1 unspecified atom stereocenters. The number of rotatable bonds is 7. The first kappa shape index (κ1) is 15.7. The molecule has 0 saturated carbocycles. The average molecular weight is 241 g/mol. The van der Waals surface area contributed by atoms with Gasteiger partial charge in [0.1, 0.15) is 6.54 Å². The molecule has 0 aromatic rings. The Morgan fingerprint density at radius 2 is 1.82 bits per heavy atom. The van der Waals surface area contributed by atoms with E-state index in [4.69, 9.17) is 5.11 Å². The quantitative estimate of drug-likeness (QED) is 0.695. The first-order valence-electron chi connectivity index (χ1n) is 5.89. The van der Waals surface area contributed by atoms with Gasteiger partial charge >= 0.3 is 5.97 Å². The molecule has 17 heavy (non-hydrogen) atoms. The number of amides is 1. The van der Waals surface area contributed by atoms with Crippen molar-refractivity contribution in [3.63, 3.8) is 0 Å². The lowest BCUT2D eigenvalue weighted by Gasteiger charge is -2.26. The Kier molecular flexibility index (Phi) is 6.54. The molecular formula is C13H23NO3. The van der Waals surface area contributed by atoms with Gasteiger partial charge in [0.05, 0.1) is 0 Å². The topological polar surface area (TPSA) is 57.6 Å². The molecule has 1 amide bonds. The fraction of sp³-hybridized carbons (Fsp3) is 0.692. The normalized spacial score (nSPS) is 12.3. The molecule has 0 aromatic heterocycles. The van der Waals surface area contributed by atoms with Crippen LogP contribution >= 0.6 is 0 Å². The van der Waals surface area contributed by atoms with E-state index in [2.05, 4.69) is 6.58 Å². The fourth-order valence-corrected chi connectivity index (χ4v) is 1.76. The van der Waals surface area contributed by atoms with Crippen molar-refractivity contribution in [2.24, 2.45) is 11.8 Å². The van der Waals surface area contributed by atoms with Gasteiger partial charge in [0.2, 0.25) is 5.91 Å². The number of allylic oxidation sites excluding steroid dienone is 1. The summed E-state index contributed by atoms with van der Waals surface area (Å²) in [5, 5.41) is 8.80. The van der Waals surface area contributed by atoms with Crippen LogP contribution in [0.5, 0.6) is 0 Å². The zero-order valence-electron chi connectivity index (χ0n) is 11.2. The van der Waals surface area contributed by atoms with Crippen LogP contribution in [0.15, 0.2) is 12.2 Å². The molecular weight excluding hydrogens is 218 g/mol. The van der Waals surface area contributed by atoms with Gasteiger partial charge in [0, 0.05) is 12.5 Å². The van der Waals surface area contributed by atoms with Crippen LogP contribution in [-0.4, -0.2) is 35.0 Å². The standard InChI is InChI=1S/C13H23NO3/c1-9(2)6-11(5)13(17)14(7-10(3)4)8-12(15)16/h10-11H,1,6-8H2,2-5H3,(H,15,16). The number of carbonyl (C=O) groups excluding carboxylic acids is 1. The second-order valence-electron chi connectivity index (χ2n) is 5.07. The molecule has 0 fully saturated rings. The fourth-order valence-electron chi connectivity index (χ4n) is 1.76. The van der Waals surface area contributed by atoms with Gasteiger partial charge in [0.25, 0.3) is 0 Å². The van der Waals surface area contributed by atoms with Crippen LogP contribution in [0.4, 0.5) is 0 Å². The summed E-state index contributed by atoms with van der Waals surface area (Å²) in [6.07, 6.45) is 0.604. The lowest BCUT2D eigenvalue weighted by molar-refractivity contribution is -0.146. The van der Waals surface area contributed by atoms with Gasteiger partial charge in [0.15, 0.2) is 0 Å². The van der Waals surface area contributed by atoms with E-state index < -0.39 is 5.97 Å². The maximum absolute atomic E-state index is 12.1. The molecule has 0 radical (unpaired) electrons. The number of aliphatic carboxylic acids is 1. The largest absolute Gasteiger partial charge is 0.480 e. The third kappa shape index (κ3) is 6.76. The average Bonchev–Trinajstić information content (AvgIpc) is 2.12. The smallest absolute Gasteiger partial charge is 0.323 e. The third-order valence-electron chi connectivity index (χ3n) is 2.30. The van der Waals surface area contributed by atoms with Gasteiger partial charge in [-0.3, -0.25) is 9.59 Å². The minimum Gasteiger partial charge on any atom is -0.480 e. The Hall–Kier alpha value is -1.32. The lowest BCUT2D eigenvalue weighted by atomic mass is 10.0. The lowest BCUT2D eigenvalue weighted by Crippen LogP contribution is -2.41. The summed E-state index contributed by atoms with van der Waals surface area (Å²) in [6, 6.07) is 0. The van der Waals surface area contributed by atoms with Crippen molar-refractivity contribution in [1.29, 1.82) is 0 Å². The Balaban J connectivity index is 4.60. The number of hydrogen-bond acceptors (Lipinski definition) is 2. The SMILES string of the molecule is C=C(C)CC(C)C(=O)N(CC(=O)O)CC(C)C. The second-order valence-corrected chi connectivity index (χ2v) is 5.07. The van der Waals surface area contributed by atoms with E-state index in [-0.39, 0.29) is 24.3 Å². The van der Waals surface area contributed by atoms with Crippen LogP contribution in [0.25, 0.3) is 0 Å². The van der Waals surface area contributed by atoms with Crippen LogP contribution in [-0.2, 0) is 9.59 Å². The molecule has 0 aromatic carbocycles. The van der Waals surface area contributed by atoms with Crippen molar-refractivity contribution < 1.29 is 14.7 Å². The summed E-state index contributed by atoms with van der Waals surface area (Å²) in [5.74, 6) is -1.02. The van der Waals surface area contributed by atoms with Crippen molar-refractivity contribution >= 4 is 11.9 Å². The predicted molar refractivity (Wildman–Crippen MR) is 67.6 cm³/mol. The van der Waals surface area contributed by atoms with Gasteiger partial charge in [-0.15, -0.1) is 6.58 Å². The molecule has 0 saturated heterocycles. The molecule has 0 aliphatic rings.